The van der Waals surface area contributed by atoms with E-state index in [-0.39, 0.29) is 5.91 Å². The lowest BCUT2D eigenvalue weighted by Gasteiger charge is -2.17. The molecule has 1 aromatic carbocycles. The first kappa shape index (κ1) is 16.6. The van der Waals surface area contributed by atoms with Gasteiger partial charge >= 0.3 is 0 Å². The summed E-state index contributed by atoms with van der Waals surface area (Å²) >= 11 is 0. The Morgan fingerprint density at radius 2 is 1.96 bits per heavy atom. The third kappa shape index (κ3) is 3.27. The maximum atomic E-state index is 12.4. The maximum absolute atomic E-state index is 12.4. The highest BCUT2D eigenvalue weighted by atomic mass is 16.1. The van der Waals surface area contributed by atoms with Crippen molar-refractivity contribution in [3.63, 3.8) is 0 Å². The van der Waals surface area contributed by atoms with Gasteiger partial charge in [-0.25, -0.2) is 0 Å². The number of pyridine rings is 1. The number of hydrogen-bond acceptors (Lipinski definition) is 2. The van der Waals surface area contributed by atoms with Crippen molar-refractivity contribution < 1.29 is 4.79 Å². The predicted molar refractivity (Wildman–Crippen MR) is 103 cm³/mol. The van der Waals surface area contributed by atoms with Gasteiger partial charge < -0.3 is 9.88 Å². The van der Waals surface area contributed by atoms with Crippen molar-refractivity contribution in [2.24, 2.45) is 0 Å². The van der Waals surface area contributed by atoms with Gasteiger partial charge in [0.1, 0.15) is 0 Å². The molecule has 0 unspecified atom stereocenters. The van der Waals surface area contributed by atoms with E-state index in [2.05, 4.69) is 27.9 Å². The fourth-order valence-electron chi connectivity index (χ4n) is 3.76. The summed E-state index contributed by atoms with van der Waals surface area (Å²) in [6.07, 6.45) is 8.35. The van der Waals surface area contributed by atoms with E-state index in [1.54, 1.807) is 12.4 Å². The second-order valence-electron chi connectivity index (χ2n) is 6.89. The fraction of sp³-hybridized carbons (Fsp3) is 0.273. The zero-order valence-electron chi connectivity index (χ0n) is 15.0. The number of nitrogens with zero attached hydrogens (tertiary/aromatic N) is 2. The molecule has 2 heterocycles. The van der Waals surface area contributed by atoms with Crippen molar-refractivity contribution in [3.05, 3.63) is 82.9 Å². The molecule has 0 spiro atoms. The van der Waals surface area contributed by atoms with Gasteiger partial charge in [-0.2, -0.15) is 0 Å². The minimum atomic E-state index is -0.0633. The van der Waals surface area contributed by atoms with E-state index in [4.69, 9.17) is 0 Å². The first-order chi connectivity index (χ1) is 12.7. The number of carbonyl (C=O) groups is 1. The standard InChI is InChI=1S/C22H23N3O/c1-16-13-19-6-2-3-7-21(19)25(16)20-10-8-18(9-11-20)22(26)24-15-17-5-4-12-23-14-17/h4-5,8-14H,2-3,6-7,15H2,1H3,(H,24,26). The molecule has 0 bridgehead atoms. The molecule has 4 nitrogen and oxygen atoms in total. The molecule has 0 fully saturated rings. The van der Waals surface area contributed by atoms with Crippen LogP contribution in [0.2, 0.25) is 0 Å². The van der Waals surface area contributed by atoms with Gasteiger partial charge in [-0.15, -0.1) is 0 Å². The molecule has 1 aliphatic carbocycles. The molecule has 1 N–H and O–H groups in total. The maximum Gasteiger partial charge on any atom is 0.251 e. The van der Waals surface area contributed by atoms with E-state index >= 15 is 0 Å². The summed E-state index contributed by atoms with van der Waals surface area (Å²) in [7, 11) is 0. The summed E-state index contributed by atoms with van der Waals surface area (Å²) in [6, 6.07) is 14.0. The predicted octanol–water partition coefficient (Wildman–Crippen LogP) is 3.99. The van der Waals surface area contributed by atoms with Crippen molar-refractivity contribution in [1.29, 1.82) is 0 Å². The summed E-state index contributed by atoms with van der Waals surface area (Å²) in [5, 5.41) is 2.95. The van der Waals surface area contributed by atoms with Gasteiger partial charge in [-0.3, -0.25) is 9.78 Å². The molecular weight excluding hydrogens is 322 g/mol. The second kappa shape index (κ2) is 7.16. The Balaban J connectivity index is 1.50. The summed E-state index contributed by atoms with van der Waals surface area (Å²) in [4.78, 5) is 16.4. The highest BCUT2D eigenvalue weighted by molar-refractivity contribution is 5.94. The average molecular weight is 345 g/mol. The van der Waals surface area contributed by atoms with Crippen LogP contribution in [0.3, 0.4) is 0 Å². The zero-order chi connectivity index (χ0) is 17.9. The Morgan fingerprint density at radius 1 is 1.15 bits per heavy atom. The van der Waals surface area contributed by atoms with Crippen LogP contribution in [-0.2, 0) is 19.4 Å². The minimum Gasteiger partial charge on any atom is -0.348 e. The van der Waals surface area contributed by atoms with Crippen molar-refractivity contribution in [2.45, 2.75) is 39.2 Å². The molecule has 3 aromatic rings. The molecule has 4 rings (SSSR count). The summed E-state index contributed by atoms with van der Waals surface area (Å²) in [5.74, 6) is -0.0633. The van der Waals surface area contributed by atoms with Crippen LogP contribution in [0.5, 0.6) is 0 Å². The van der Waals surface area contributed by atoms with E-state index in [9.17, 15) is 4.79 Å². The largest absolute Gasteiger partial charge is 0.348 e. The molecule has 132 valence electrons. The zero-order valence-corrected chi connectivity index (χ0v) is 15.0. The van der Waals surface area contributed by atoms with Crippen LogP contribution in [0.1, 0.15) is 45.7 Å². The van der Waals surface area contributed by atoms with Gasteiger partial charge in [0.05, 0.1) is 0 Å². The molecular formula is C22H23N3O. The van der Waals surface area contributed by atoms with E-state index in [0.29, 0.717) is 12.1 Å². The molecule has 2 aromatic heterocycles. The van der Waals surface area contributed by atoms with Crippen molar-refractivity contribution in [1.82, 2.24) is 14.9 Å². The normalized spacial score (nSPS) is 13.3. The molecule has 1 aliphatic rings. The number of rotatable bonds is 4. The SMILES string of the molecule is Cc1cc2c(n1-c1ccc(C(=O)NCc3cccnc3)cc1)CCCC2. The van der Waals surface area contributed by atoms with Crippen LogP contribution < -0.4 is 5.32 Å². The van der Waals surface area contributed by atoms with Crippen LogP contribution in [0.25, 0.3) is 5.69 Å². The van der Waals surface area contributed by atoms with Crippen LogP contribution in [0, 0.1) is 6.92 Å². The Kier molecular flexibility index (Phi) is 4.57. The van der Waals surface area contributed by atoms with Gasteiger partial charge in [-0.05, 0) is 80.1 Å². The lowest BCUT2D eigenvalue weighted by atomic mass is 9.98. The highest BCUT2D eigenvalue weighted by Crippen LogP contribution is 2.28. The molecule has 0 aliphatic heterocycles. The van der Waals surface area contributed by atoms with E-state index in [1.807, 2.05) is 36.4 Å². The molecule has 4 heteroatoms. The monoisotopic (exact) mass is 345 g/mol. The molecule has 1 amide bonds. The molecule has 0 radical (unpaired) electrons. The van der Waals surface area contributed by atoms with Crippen LogP contribution in [0.15, 0.2) is 54.9 Å². The number of aryl methyl sites for hydroxylation is 2. The smallest absolute Gasteiger partial charge is 0.251 e. The van der Waals surface area contributed by atoms with E-state index in [0.717, 1.165) is 17.7 Å². The Labute approximate surface area is 153 Å². The summed E-state index contributed by atoms with van der Waals surface area (Å²) in [5.41, 5.74) is 6.98. The third-order valence-electron chi connectivity index (χ3n) is 5.05. The quantitative estimate of drug-likeness (QED) is 0.777. The number of amides is 1. The Bertz CT molecular complexity index is 911. The molecule has 0 saturated carbocycles. The van der Waals surface area contributed by atoms with Crippen LogP contribution in [0.4, 0.5) is 0 Å². The van der Waals surface area contributed by atoms with E-state index in [1.165, 1.54) is 36.2 Å². The van der Waals surface area contributed by atoms with Crippen molar-refractivity contribution >= 4 is 5.91 Å². The highest BCUT2D eigenvalue weighted by Gasteiger charge is 2.17. The number of fused-ring (bicyclic) bond motifs is 1. The van der Waals surface area contributed by atoms with Gasteiger partial charge in [0, 0.05) is 41.6 Å². The number of aromatic nitrogens is 2. The van der Waals surface area contributed by atoms with Gasteiger partial charge in [0.25, 0.3) is 5.91 Å². The van der Waals surface area contributed by atoms with Crippen LogP contribution >= 0.6 is 0 Å². The first-order valence-electron chi connectivity index (χ1n) is 9.20. The number of carbonyl (C=O) groups excluding carboxylic acids is 1. The Morgan fingerprint density at radius 3 is 2.73 bits per heavy atom. The van der Waals surface area contributed by atoms with Gasteiger partial charge in [-0.1, -0.05) is 6.07 Å². The third-order valence-corrected chi connectivity index (χ3v) is 5.05. The lowest BCUT2D eigenvalue weighted by molar-refractivity contribution is 0.0951. The fourth-order valence-corrected chi connectivity index (χ4v) is 3.76. The second-order valence-corrected chi connectivity index (χ2v) is 6.89. The summed E-state index contributed by atoms with van der Waals surface area (Å²) < 4.78 is 2.34. The Hall–Kier alpha value is -2.88. The molecule has 0 atom stereocenters. The van der Waals surface area contributed by atoms with Crippen LogP contribution in [-0.4, -0.2) is 15.5 Å². The minimum absolute atomic E-state index is 0.0633. The van der Waals surface area contributed by atoms with E-state index < -0.39 is 0 Å². The van der Waals surface area contributed by atoms with Gasteiger partial charge in [0.2, 0.25) is 0 Å². The summed E-state index contributed by atoms with van der Waals surface area (Å²) in [6.45, 7) is 2.64. The molecule has 0 saturated heterocycles. The first-order valence-corrected chi connectivity index (χ1v) is 9.20. The number of hydrogen-bond donors (Lipinski definition) is 1. The number of nitrogens with one attached hydrogen (secondary N) is 1. The number of benzene rings is 1. The van der Waals surface area contributed by atoms with Crippen molar-refractivity contribution in [3.8, 4) is 5.69 Å². The topological polar surface area (TPSA) is 46.9 Å². The van der Waals surface area contributed by atoms with Crippen molar-refractivity contribution in [2.75, 3.05) is 0 Å². The lowest BCUT2D eigenvalue weighted by Crippen LogP contribution is -2.22. The van der Waals surface area contributed by atoms with Gasteiger partial charge in [0.15, 0.2) is 0 Å². The average Bonchev–Trinajstić information content (AvgIpc) is 3.03. The molecule has 26 heavy (non-hydrogen) atoms.